The van der Waals surface area contributed by atoms with E-state index in [0.29, 0.717) is 16.5 Å². The molecule has 2 saturated carbocycles. The van der Waals surface area contributed by atoms with Crippen molar-refractivity contribution in [2.45, 2.75) is 22.6 Å². The minimum Gasteiger partial charge on any atom is -0.326 e. The molecule has 3 nitrogen and oxygen atoms in total. The first-order valence-corrected chi connectivity index (χ1v) is 8.59. The van der Waals surface area contributed by atoms with Crippen LogP contribution >= 0.6 is 23.4 Å². The van der Waals surface area contributed by atoms with Gasteiger partial charge < -0.3 is 5.32 Å². The van der Waals surface area contributed by atoms with Gasteiger partial charge in [0.2, 0.25) is 5.91 Å². The Morgan fingerprint density at radius 2 is 1.96 bits per heavy atom. The summed E-state index contributed by atoms with van der Waals surface area (Å²) in [5.41, 5.74) is 1.37. The highest BCUT2D eigenvalue weighted by Gasteiger charge is 2.74. The van der Waals surface area contributed by atoms with Crippen LogP contribution in [0.1, 0.15) is 18.4 Å². The maximum absolute atomic E-state index is 12.1. The average molecular weight is 341 g/mol. The quantitative estimate of drug-likeness (QED) is 0.876. The second kappa shape index (κ2) is 5.30. The Kier molecular flexibility index (Phi) is 3.37. The van der Waals surface area contributed by atoms with Gasteiger partial charge in [-0.1, -0.05) is 23.4 Å². The van der Waals surface area contributed by atoms with E-state index in [-0.39, 0.29) is 11.3 Å². The molecule has 1 amide bonds. The van der Waals surface area contributed by atoms with Gasteiger partial charge in [0.1, 0.15) is 6.07 Å². The topological polar surface area (TPSA) is 52.9 Å². The second-order valence-corrected chi connectivity index (χ2v) is 7.65. The summed E-state index contributed by atoms with van der Waals surface area (Å²) in [4.78, 5) is 13.9. The van der Waals surface area contributed by atoms with Gasteiger partial charge in [-0.3, -0.25) is 4.79 Å². The molecule has 2 aromatic rings. The lowest BCUT2D eigenvalue weighted by Gasteiger charge is -2.08. The lowest BCUT2D eigenvalue weighted by atomic mass is 10.2. The smallest absolute Gasteiger partial charge is 0.230 e. The predicted octanol–water partition coefficient (Wildman–Crippen LogP) is 4.71. The molecule has 0 aromatic heterocycles. The maximum Gasteiger partial charge on any atom is 0.230 e. The van der Waals surface area contributed by atoms with Crippen molar-refractivity contribution in [2.24, 2.45) is 11.3 Å². The van der Waals surface area contributed by atoms with E-state index in [1.165, 1.54) is 11.8 Å². The molecule has 0 radical (unpaired) electrons. The van der Waals surface area contributed by atoms with E-state index in [2.05, 4.69) is 11.4 Å². The van der Waals surface area contributed by atoms with Crippen LogP contribution in [0.3, 0.4) is 0 Å². The first-order chi connectivity index (χ1) is 11.1. The highest BCUT2D eigenvalue weighted by molar-refractivity contribution is 7.99. The number of carbonyl (C=O) groups excluding carboxylic acids is 1. The van der Waals surface area contributed by atoms with E-state index >= 15 is 0 Å². The van der Waals surface area contributed by atoms with E-state index in [1.54, 1.807) is 12.1 Å². The first-order valence-electron chi connectivity index (χ1n) is 7.40. The minimum absolute atomic E-state index is 0.0155. The lowest BCUT2D eigenvalue weighted by molar-refractivity contribution is -0.119. The molecule has 23 heavy (non-hydrogen) atoms. The summed E-state index contributed by atoms with van der Waals surface area (Å²) in [5.74, 6) is 0.805. The Balaban J connectivity index is 1.46. The Labute approximate surface area is 143 Å². The predicted molar refractivity (Wildman–Crippen MR) is 90.5 cm³/mol. The van der Waals surface area contributed by atoms with Crippen LogP contribution < -0.4 is 5.32 Å². The van der Waals surface area contributed by atoms with Crippen molar-refractivity contribution in [1.29, 1.82) is 5.26 Å². The van der Waals surface area contributed by atoms with Crippen LogP contribution in [-0.4, -0.2) is 5.91 Å². The summed E-state index contributed by atoms with van der Waals surface area (Å²) < 4.78 is 0. The number of carbonyl (C=O) groups is 1. The van der Waals surface area contributed by atoms with Crippen LogP contribution in [0.15, 0.2) is 52.3 Å². The molecule has 0 unspecified atom stereocenters. The summed E-state index contributed by atoms with van der Waals surface area (Å²) >= 11 is 7.42. The third-order valence-electron chi connectivity index (χ3n) is 4.54. The molecule has 0 bridgehead atoms. The third kappa shape index (κ3) is 2.71. The van der Waals surface area contributed by atoms with Crippen LogP contribution in [0, 0.1) is 22.7 Å². The second-order valence-electron chi connectivity index (χ2n) is 6.09. The van der Waals surface area contributed by atoms with E-state index < -0.39 is 0 Å². The molecule has 2 aliphatic carbocycles. The molecule has 0 aliphatic heterocycles. The fourth-order valence-electron chi connectivity index (χ4n) is 2.74. The first kappa shape index (κ1) is 14.6. The number of fused-ring (bicyclic) bond motifs is 1. The van der Waals surface area contributed by atoms with Crippen molar-refractivity contribution < 1.29 is 4.79 Å². The van der Waals surface area contributed by atoms with Crippen molar-refractivity contribution >= 4 is 35.0 Å². The third-order valence-corrected chi connectivity index (χ3v) is 5.86. The molecule has 4 rings (SSSR count). The Bertz CT molecular complexity index is 835. The summed E-state index contributed by atoms with van der Waals surface area (Å²) in [5, 5.41) is 12.7. The number of nitriles is 1. The number of nitrogens with zero attached hydrogens (tertiary/aromatic N) is 1. The molecule has 114 valence electrons. The zero-order valence-corrected chi connectivity index (χ0v) is 13.7. The van der Waals surface area contributed by atoms with Gasteiger partial charge in [-0.05, 0) is 61.2 Å². The van der Waals surface area contributed by atoms with Gasteiger partial charge >= 0.3 is 0 Å². The maximum atomic E-state index is 12.1. The SMILES string of the molecule is N#Cc1cc(Cl)ccc1Sc1ccc(NC(=O)C23CC2C3)cc1. The van der Waals surface area contributed by atoms with Gasteiger partial charge in [0.05, 0.1) is 11.0 Å². The zero-order valence-electron chi connectivity index (χ0n) is 12.2. The van der Waals surface area contributed by atoms with Crippen LogP contribution in [0.4, 0.5) is 5.69 Å². The number of halogens is 1. The van der Waals surface area contributed by atoms with Gasteiger partial charge in [0, 0.05) is 20.5 Å². The van der Waals surface area contributed by atoms with Crippen molar-refractivity contribution in [3.8, 4) is 6.07 Å². The molecule has 2 aliphatic rings. The highest BCUT2D eigenvalue weighted by Crippen LogP contribution is 2.75. The van der Waals surface area contributed by atoms with Gasteiger partial charge in [0.15, 0.2) is 0 Å². The van der Waals surface area contributed by atoms with E-state index in [4.69, 9.17) is 11.6 Å². The molecule has 0 spiro atoms. The number of nitrogens with one attached hydrogen (secondary N) is 1. The van der Waals surface area contributed by atoms with Crippen molar-refractivity contribution in [2.75, 3.05) is 5.32 Å². The van der Waals surface area contributed by atoms with Crippen molar-refractivity contribution in [1.82, 2.24) is 0 Å². The van der Waals surface area contributed by atoms with E-state index in [1.807, 2.05) is 30.3 Å². The minimum atomic E-state index is -0.0155. The average Bonchev–Trinajstić information content (AvgIpc) is 3.41. The fraction of sp³-hybridized carbons (Fsp3) is 0.222. The van der Waals surface area contributed by atoms with Gasteiger partial charge in [-0.25, -0.2) is 0 Å². The normalized spacial score (nSPS) is 23.6. The number of anilines is 1. The molecule has 1 N–H and O–H groups in total. The molecule has 5 heteroatoms. The number of rotatable bonds is 4. The van der Waals surface area contributed by atoms with Crippen molar-refractivity contribution in [3.63, 3.8) is 0 Å². The van der Waals surface area contributed by atoms with Gasteiger partial charge in [-0.2, -0.15) is 5.26 Å². The van der Waals surface area contributed by atoms with Gasteiger partial charge in [0.25, 0.3) is 0 Å². The Morgan fingerprint density at radius 1 is 1.26 bits per heavy atom. The van der Waals surface area contributed by atoms with Gasteiger partial charge in [-0.15, -0.1) is 0 Å². The molecule has 0 saturated heterocycles. The summed E-state index contributed by atoms with van der Waals surface area (Å²) in [6, 6.07) is 15.2. The molecule has 2 fully saturated rings. The van der Waals surface area contributed by atoms with Crippen LogP contribution in [0.5, 0.6) is 0 Å². The number of benzene rings is 2. The fourth-order valence-corrected chi connectivity index (χ4v) is 3.79. The molecular formula is C18H13ClN2OS. The summed E-state index contributed by atoms with van der Waals surface area (Å²) in [6.45, 7) is 0. The van der Waals surface area contributed by atoms with Crippen molar-refractivity contribution in [3.05, 3.63) is 53.1 Å². The largest absolute Gasteiger partial charge is 0.326 e. The summed E-state index contributed by atoms with van der Waals surface area (Å²) in [7, 11) is 0. The highest BCUT2D eigenvalue weighted by atomic mass is 35.5. The van der Waals surface area contributed by atoms with E-state index in [9.17, 15) is 10.1 Å². The number of amides is 1. The Morgan fingerprint density at radius 3 is 2.57 bits per heavy atom. The van der Waals surface area contributed by atoms with Crippen LogP contribution in [-0.2, 0) is 4.79 Å². The Hall–Kier alpha value is -1.96. The monoisotopic (exact) mass is 340 g/mol. The molecule has 2 aromatic carbocycles. The lowest BCUT2D eigenvalue weighted by Crippen LogP contribution is -2.17. The van der Waals surface area contributed by atoms with Crippen LogP contribution in [0.2, 0.25) is 5.02 Å². The standard InChI is InChI=1S/C18H13ClN2OS/c19-13-1-6-16(11(7-13)10-20)23-15-4-2-14(3-5-15)21-17(22)18-8-12(18)9-18/h1-7,12H,8-9H2,(H,21,22). The van der Waals surface area contributed by atoms with E-state index in [0.717, 1.165) is 28.3 Å². The zero-order chi connectivity index (χ0) is 16.0. The summed E-state index contributed by atoms with van der Waals surface area (Å²) in [6.07, 6.45) is 2.11. The molecular weight excluding hydrogens is 328 g/mol. The molecule has 0 heterocycles. The number of hydrogen-bond acceptors (Lipinski definition) is 3. The van der Waals surface area contributed by atoms with Crippen LogP contribution in [0.25, 0.3) is 0 Å². The molecule has 0 atom stereocenters. The number of hydrogen-bond donors (Lipinski definition) is 1.